The lowest BCUT2D eigenvalue weighted by Crippen LogP contribution is -2.51. The summed E-state index contributed by atoms with van der Waals surface area (Å²) in [7, 11) is 1.68. The lowest BCUT2D eigenvalue weighted by Gasteiger charge is -2.33. The Balaban J connectivity index is 1.88. The average molecular weight is 283 g/mol. The third-order valence-corrected chi connectivity index (χ3v) is 3.85. The molecule has 0 aromatic rings. The zero-order valence-electron chi connectivity index (χ0n) is 11.7. The second-order valence-electron chi connectivity index (χ2n) is 5.34. The van der Waals surface area contributed by atoms with Crippen molar-refractivity contribution >= 4 is 17.8 Å². The summed E-state index contributed by atoms with van der Waals surface area (Å²) in [5.74, 6) is 0.0679. The summed E-state index contributed by atoms with van der Waals surface area (Å²) < 4.78 is 5.13. The van der Waals surface area contributed by atoms with E-state index in [1.54, 1.807) is 12.0 Å². The van der Waals surface area contributed by atoms with Gasteiger partial charge in [-0.05, 0) is 25.2 Å². The number of hydrogen-bond donors (Lipinski definition) is 2. The highest BCUT2D eigenvalue weighted by Gasteiger charge is 2.31. The summed E-state index contributed by atoms with van der Waals surface area (Å²) >= 11 is 0. The third-order valence-electron chi connectivity index (χ3n) is 3.85. The van der Waals surface area contributed by atoms with Crippen molar-refractivity contribution in [1.82, 2.24) is 15.5 Å². The van der Waals surface area contributed by atoms with Crippen LogP contribution in [-0.4, -0.2) is 55.6 Å². The van der Waals surface area contributed by atoms with Crippen molar-refractivity contribution in [3.8, 4) is 0 Å². The SMILES string of the molecule is COCC1CCN(C(=O)C2CCC(=O)NC(=O)N2)CC1. The van der Waals surface area contributed by atoms with E-state index in [0.29, 0.717) is 25.4 Å². The van der Waals surface area contributed by atoms with Crippen LogP contribution >= 0.6 is 0 Å². The van der Waals surface area contributed by atoms with E-state index >= 15 is 0 Å². The number of carbonyl (C=O) groups is 3. The molecule has 1 unspecified atom stereocenters. The molecule has 7 nitrogen and oxygen atoms in total. The molecule has 0 saturated carbocycles. The number of amides is 4. The maximum atomic E-state index is 12.4. The third kappa shape index (κ3) is 3.69. The normalized spacial score (nSPS) is 24.9. The molecule has 0 aromatic heterocycles. The van der Waals surface area contributed by atoms with Gasteiger partial charge in [0.05, 0.1) is 0 Å². The first-order valence-corrected chi connectivity index (χ1v) is 6.98. The van der Waals surface area contributed by atoms with E-state index in [9.17, 15) is 14.4 Å². The van der Waals surface area contributed by atoms with Crippen LogP contribution in [0.5, 0.6) is 0 Å². The molecule has 4 amide bonds. The molecular formula is C13H21N3O4. The van der Waals surface area contributed by atoms with Crippen LogP contribution < -0.4 is 10.6 Å². The Bertz CT molecular complexity index is 391. The van der Waals surface area contributed by atoms with Gasteiger partial charge >= 0.3 is 6.03 Å². The van der Waals surface area contributed by atoms with Crippen LogP contribution in [0.2, 0.25) is 0 Å². The van der Waals surface area contributed by atoms with Crippen LogP contribution in [0.15, 0.2) is 0 Å². The van der Waals surface area contributed by atoms with Gasteiger partial charge < -0.3 is 15.0 Å². The second-order valence-corrected chi connectivity index (χ2v) is 5.34. The molecule has 0 bridgehead atoms. The summed E-state index contributed by atoms with van der Waals surface area (Å²) in [4.78, 5) is 36.8. The van der Waals surface area contributed by atoms with E-state index in [1.807, 2.05) is 0 Å². The lowest BCUT2D eigenvalue weighted by molar-refractivity contribution is -0.135. The lowest BCUT2D eigenvalue weighted by atomic mass is 9.97. The molecule has 112 valence electrons. The average Bonchev–Trinajstić information content (AvgIpc) is 2.60. The summed E-state index contributed by atoms with van der Waals surface area (Å²) in [6.07, 6.45) is 2.37. The van der Waals surface area contributed by atoms with Gasteiger partial charge in [0, 0.05) is 33.2 Å². The largest absolute Gasteiger partial charge is 0.384 e. The first-order chi connectivity index (χ1) is 9.60. The van der Waals surface area contributed by atoms with Gasteiger partial charge in [0.15, 0.2) is 0 Å². The molecule has 0 spiro atoms. The van der Waals surface area contributed by atoms with Crippen LogP contribution in [0.3, 0.4) is 0 Å². The number of carbonyl (C=O) groups excluding carboxylic acids is 3. The maximum Gasteiger partial charge on any atom is 0.322 e. The predicted molar refractivity (Wildman–Crippen MR) is 70.9 cm³/mol. The minimum Gasteiger partial charge on any atom is -0.384 e. The molecule has 2 fully saturated rings. The maximum absolute atomic E-state index is 12.4. The highest BCUT2D eigenvalue weighted by atomic mass is 16.5. The van der Waals surface area contributed by atoms with Crippen LogP contribution in [0.1, 0.15) is 25.7 Å². The van der Waals surface area contributed by atoms with Gasteiger partial charge in [-0.15, -0.1) is 0 Å². The first kappa shape index (κ1) is 14.8. The van der Waals surface area contributed by atoms with Crippen molar-refractivity contribution in [2.24, 2.45) is 5.92 Å². The van der Waals surface area contributed by atoms with Gasteiger partial charge in [-0.1, -0.05) is 0 Å². The standard InChI is InChI=1S/C13H21N3O4/c1-20-8-9-4-6-16(7-5-9)12(18)10-2-3-11(17)15-13(19)14-10/h9-10H,2-8H2,1H3,(H2,14,15,17,19). The Morgan fingerprint density at radius 1 is 1.30 bits per heavy atom. The monoisotopic (exact) mass is 283 g/mol. The molecule has 2 heterocycles. The number of hydrogen-bond acceptors (Lipinski definition) is 4. The molecular weight excluding hydrogens is 262 g/mol. The van der Waals surface area contributed by atoms with E-state index < -0.39 is 12.1 Å². The topological polar surface area (TPSA) is 87.7 Å². The fourth-order valence-electron chi connectivity index (χ4n) is 2.69. The Kier molecular flexibility index (Phi) is 4.94. The predicted octanol–water partition coefficient (Wildman–Crippen LogP) is -0.140. The van der Waals surface area contributed by atoms with Crippen molar-refractivity contribution in [3.63, 3.8) is 0 Å². The van der Waals surface area contributed by atoms with Gasteiger partial charge in [0.25, 0.3) is 0 Å². The van der Waals surface area contributed by atoms with Gasteiger partial charge in [0.2, 0.25) is 11.8 Å². The molecule has 20 heavy (non-hydrogen) atoms. The summed E-state index contributed by atoms with van der Waals surface area (Å²) in [5.41, 5.74) is 0. The molecule has 2 aliphatic rings. The van der Waals surface area contributed by atoms with E-state index in [2.05, 4.69) is 10.6 Å². The number of methoxy groups -OCH3 is 1. The fraction of sp³-hybridized carbons (Fsp3) is 0.769. The smallest absolute Gasteiger partial charge is 0.322 e. The molecule has 0 aliphatic carbocycles. The second kappa shape index (κ2) is 6.69. The molecule has 0 aromatic carbocycles. The number of rotatable bonds is 3. The fourth-order valence-corrected chi connectivity index (χ4v) is 2.69. The zero-order valence-corrected chi connectivity index (χ0v) is 11.7. The summed E-state index contributed by atoms with van der Waals surface area (Å²) in [6, 6.07) is -1.18. The molecule has 2 saturated heterocycles. The molecule has 1 atom stereocenters. The summed E-state index contributed by atoms with van der Waals surface area (Å²) in [5, 5.41) is 4.73. The number of piperidine rings is 1. The molecule has 2 N–H and O–H groups in total. The minimum absolute atomic E-state index is 0.0919. The van der Waals surface area contributed by atoms with Gasteiger partial charge in [0.1, 0.15) is 6.04 Å². The number of imide groups is 1. The van der Waals surface area contributed by atoms with Gasteiger partial charge in [-0.2, -0.15) is 0 Å². The number of ether oxygens (including phenoxy) is 1. The Morgan fingerprint density at radius 3 is 2.65 bits per heavy atom. The van der Waals surface area contributed by atoms with Gasteiger partial charge in [-0.25, -0.2) is 4.79 Å². The quantitative estimate of drug-likeness (QED) is 0.754. The van der Waals surface area contributed by atoms with E-state index in [4.69, 9.17) is 4.74 Å². The van der Waals surface area contributed by atoms with Crippen molar-refractivity contribution in [2.75, 3.05) is 26.8 Å². The summed E-state index contributed by atoms with van der Waals surface area (Å²) in [6.45, 7) is 2.09. The number of nitrogens with one attached hydrogen (secondary N) is 2. The Labute approximate surface area is 118 Å². The molecule has 2 aliphatic heterocycles. The van der Waals surface area contributed by atoms with E-state index in [-0.39, 0.29) is 18.2 Å². The Morgan fingerprint density at radius 2 is 2.00 bits per heavy atom. The molecule has 0 radical (unpaired) electrons. The van der Waals surface area contributed by atoms with Crippen molar-refractivity contribution in [3.05, 3.63) is 0 Å². The first-order valence-electron chi connectivity index (χ1n) is 6.98. The Hall–Kier alpha value is -1.63. The van der Waals surface area contributed by atoms with Crippen LogP contribution in [0.4, 0.5) is 4.79 Å². The van der Waals surface area contributed by atoms with Crippen molar-refractivity contribution < 1.29 is 19.1 Å². The van der Waals surface area contributed by atoms with Crippen LogP contribution in [-0.2, 0) is 14.3 Å². The molecule has 2 rings (SSSR count). The number of urea groups is 1. The number of likely N-dealkylation sites (tertiary alicyclic amines) is 1. The van der Waals surface area contributed by atoms with Crippen molar-refractivity contribution in [1.29, 1.82) is 0 Å². The van der Waals surface area contributed by atoms with Crippen molar-refractivity contribution in [2.45, 2.75) is 31.7 Å². The highest BCUT2D eigenvalue weighted by Crippen LogP contribution is 2.19. The minimum atomic E-state index is -0.597. The van der Waals surface area contributed by atoms with E-state index in [0.717, 1.165) is 19.4 Å². The van der Waals surface area contributed by atoms with Crippen LogP contribution in [0.25, 0.3) is 0 Å². The number of nitrogens with zero attached hydrogens (tertiary/aromatic N) is 1. The highest BCUT2D eigenvalue weighted by molar-refractivity contribution is 5.98. The van der Waals surface area contributed by atoms with Gasteiger partial charge in [-0.3, -0.25) is 14.9 Å². The molecule has 7 heteroatoms. The van der Waals surface area contributed by atoms with E-state index in [1.165, 1.54) is 0 Å². The zero-order chi connectivity index (χ0) is 14.5. The van der Waals surface area contributed by atoms with Crippen LogP contribution in [0, 0.1) is 5.92 Å².